The zero-order valence-electron chi connectivity index (χ0n) is 13.4. The van der Waals surface area contributed by atoms with Crippen LogP contribution < -0.4 is 5.32 Å². The molecule has 0 aromatic heterocycles. The molecule has 2 amide bonds. The van der Waals surface area contributed by atoms with Crippen LogP contribution in [0.5, 0.6) is 0 Å². The Bertz CT molecular complexity index is 331. The third kappa shape index (κ3) is 7.34. The van der Waals surface area contributed by atoms with Crippen molar-refractivity contribution in [1.82, 2.24) is 10.2 Å². The fourth-order valence-electron chi connectivity index (χ4n) is 2.70. The maximum atomic E-state index is 12.0. The van der Waals surface area contributed by atoms with Crippen LogP contribution in [0.25, 0.3) is 0 Å². The first-order chi connectivity index (χ1) is 10.0. The minimum absolute atomic E-state index is 0.108. The molecule has 5 nitrogen and oxygen atoms in total. The number of carboxylic acid groups (broad SMARTS) is 1. The maximum Gasteiger partial charge on any atom is 0.317 e. The minimum atomic E-state index is -0.794. The Morgan fingerprint density at radius 2 is 1.95 bits per heavy atom. The fraction of sp³-hybridized carbons (Fsp3) is 0.875. The number of carbonyl (C=O) groups excluding carboxylic acids is 1. The molecule has 21 heavy (non-hydrogen) atoms. The van der Waals surface area contributed by atoms with Gasteiger partial charge >= 0.3 is 12.0 Å². The fourth-order valence-corrected chi connectivity index (χ4v) is 2.70. The number of nitrogens with one attached hydrogen (secondary N) is 1. The van der Waals surface area contributed by atoms with Crippen molar-refractivity contribution in [2.24, 2.45) is 11.8 Å². The van der Waals surface area contributed by atoms with E-state index in [1.54, 1.807) is 4.90 Å². The lowest BCUT2D eigenvalue weighted by atomic mass is 9.99. The molecule has 0 bridgehead atoms. The second kappa shape index (κ2) is 9.64. The van der Waals surface area contributed by atoms with Gasteiger partial charge in [0, 0.05) is 19.6 Å². The van der Waals surface area contributed by atoms with Gasteiger partial charge in [-0.3, -0.25) is 4.79 Å². The number of likely N-dealkylation sites (tertiary alicyclic amines) is 1. The molecule has 0 saturated carbocycles. The summed E-state index contributed by atoms with van der Waals surface area (Å²) >= 11 is 0. The van der Waals surface area contributed by atoms with Gasteiger partial charge in [-0.05, 0) is 25.2 Å². The van der Waals surface area contributed by atoms with Crippen molar-refractivity contribution in [3.8, 4) is 0 Å². The van der Waals surface area contributed by atoms with Gasteiger partial charge in [-0.1, -0.05) is 39.5 Å². The zero-order valence-corrected chi connectivity index (χ0v) is 13.4. The van der Waals surface area contributed by atoms with E-state index in [1.165, 1.54) is 19.3 Å². The summed E-state index contributed by atoms with van der Waals surface area (Å²) in [7, 11) is 0. The SMILES string of the molecule is CC(C)CCCCCCNC(=O)N1CCC[C@H](C(=O)O)C1. The van der Waals surface area contributed by atoms with Gasteiger partial charge in [0.1, 0.15) is 0 Å². The summed E-state index contributed by atoms with van der Waals surface area (Å²) in [6.07, 6.45) is 7.35. The topological polar surface area (TPSA) is 69.6 Å². The van der Waals surface area contributed by atoms with Gasteiger partial charge in [0.05, 0.1) is 5.92 Å². The Hall–Kier alpha value is -1.26. The summed E-state index contributed by atoms with van der Waals surface area (Å²) < 4.78 is 0. The molecule has 1 rings (SSSR count). The van der Waals surface area contributed by atoms with E-state index in [9.17, 15) is 9.59 Å². The number of hydrogen-bond acceptors (Lipinski definition) is 2. The molecule has 122 valence electrons. The van der Waals surface area contributed by atoms with Crippen LogP contribution in [0.3, 0.4) is 0 Å². The predicted molar refractivity (Wildman–Crippen MR) is 83.3 cm³/mol. The summed E-state index contributed by atoms with van der Waals surface area (Å²) in [4.78, 5) is 24.6. The highest BCUT2D eigenvalue weighted by atomic mass is 16.4. The number of rotatable bonds is 8. The van der Waals surface area contributed by atoms with E-state index in [1.807, 2.05) is 0 Å². The maximum absolute atomic E-state index is 12.0. The van der Waals surface area contributed by atoms with Gasteiger partial charge in [-0.15, -0.1) is 0 Å². The Balaban J connectivity index is 2.09. The highest BCUT2D eigenvalue weighted by molar-refractivity contribution is 5.76. The van der Waals surface area contributed by atoms with Gasteiger partial charge < -0.3 is 15.3 Å². The zero-order chi connectivity index (χ0) is 15.7. The molecule has 1 aliphatic heterocycles. The monoisotopic (exact) mass is 298 g/mol. The summed E-state index contributed by atoms with van der Waals surface area (Å²) in [6.45, 7) is 6.18. The molecule has 1 fully saturated rings. The molecule has 5 heteroatoms. The van der Waals surface area contributed by atoms with E-state index < -0.39 is 11.9 Å². The van der Waals surface area contributed by atoms with Crippen LogP contribution in [0.2, 0.25) is 0 Å². The number of hydrogen-bond donors (Lipinski definition) is 2. The molecule has 2 N–H and O–H groups in total. The van der Waals surface area contributed by atoms with Gasteiger partial charge in [0.25, 0.3) is 0 Å². The van der Waals surface area contributed by atoms with E-state index >= 15 is 0 Å². The summed E-state index contributed by atoms with van der Waals surface area (Å²) in [5.41, 5.74) is 0. The lowest BCUT2D eigenvalue weighted by molar-refractivity contribution is -0.143. The van der Waals surface area contributed by atoms with Crippen LogP contribution in [0.4, 0.5) is 4.79 Å². The van der Waals surface area contributed by atoms with Crippen molar-refractivity contribution in [3.05, 3.63) is 0 Å². The molecule has 1 aliphatic rings. The molecule has 0 aromatic rings. The number of piperidine rings is 1. The first-order valence-corrected chi connectivity index (χ1v) is 8.26. The number of carbonyl (C=O) groups is 2. The van der Waals surface area contributed by atoms with Gasteiger partial charge in [0.15, 0.2) is 0 Å². The van der Waals surface area contributed by atoms with Crippen LogP contribution in [-0.2, 0) is 4.79 Å². The largest absolute Gasteiger partial charge is 0.481 e. The molecule has 1 saturated heterocycles. The second-order valence-electron chi connectivity index (χ2n) is 6.45. The Morgan fingerprint density at radius 1 is 1.24 bits per heavy atom. The highest BCUT2D eigenvalue weighted by Crippen LogP contribution is 2.16. The first-order valence-electron chi connectivity index (χ1n) is 8.26. The summed E-state index contributed by atoms with van der Waals surface area (Å²) in [5, 5.41) is 11.9. The standard InChI is InChI=1S/C16H30N2O3/c1-13(2)8-5-3-4-6-10-17-16(21)18-11-7-9-14(12-18)15(19)20/h13-14H,3-12H2,1-2H3,(H,17,21)(H,19,20)/t14-/m0/s1. The van der Waals surface area contributed by atoms with Gasteiger partial charge in [0.2, 0.25) is 0 Å². The van der Waals surface area contributed by atoms with Crippen LogP contribution >= 0.6 is 0 Å². The summed E-state index contributed by atoms with van der Waals surface area (Å²) in [6, 6.07) is -0.108. The lowest BCUT2D eigenvalue weighted by Crippen LogP contribution is -2.47. The molecule has 0 spiro atoms. The predicted octanol–water partition coefficient (Wildman–Crippen LogP) is 3.10. The Labute approximate surface area is 128 Å². The molecule has 0 radical (unpaired) electrons. The molecule has 1 atom stereocenters. The normalized spacial score (nSPS) is 18.8. The minimum Gasteiger partial charge on any atom is -0.481 e. The average Bonchev–Trinajstić information content (AvgIpc) is 2.45. The van der Waals surface area contributed by atoms with Crippen molar-refractivity contribution in [2.75, 3.05) is 19.6 Å². The Morgan fingerprint density at radius 3 is 2.62 bits per heavy atom. The van der Waals surface area contributed by atoms with E-state index in [-0.39, 0.29) is 6.03 Å². The van der Waals surface area contributed by atoms with Crippen molar-refractivity contribution < 1.29 is 14.7 Å². The van der Waals surface area contributed by atoms with Crippen molar-refractivity contribution in [3.63, 3.8) is 0 Å². The smallest absolute Gasteiger partial charge is 0.317 e. The third-order valence-electron chi connectivity index (χ3n) is 4.04. The number of unbranched alkanes of at least 4 members (excludes halogenated alkanes) is 3. The summed E-state index contributed by atoms with van der Waals surface area (Å²) in [5.74, 6) is -0.427. The molecule has 0 unspecified atom stereocenters. The van der Waals surface area contributed by atoms with Crippen LogP contribution in [0.1, 0.15) is 58.8 Å². The number of carboxylic acids is 1. The quantitative estimate of drug-likeness (QED) is 0.676. The molecular formula is C16H30N2O3. The second-order valence-corrected chi connectivity index (χ2v) is 6.45. The molecule has 1 heterocycles. The van der Waals surface area contributed by atoms with Crippen molar-refractivity contribution >= 4 is 12.0 Å². The Kier molecular flexibility index (Phi) is 8.16. The van der Waals surface area contributed by atoms with Crippen LogP contribution in [-0.4, -0.2) is 41.6 Å². The number of urea groups is 1. The number of aliphatic carboxylic acids is 1. The number of nitrogens with zero attached hydrogens (tertiary/aromatic N) is 1. The highest BCUT2D eigenvalue weighted by Gasteiger charge is 2.27. The third-order valence-corrected chi connectivity index (χ3v) is 4.04. The molecule has 0 aromatic carbocycles. The average molecular weight is 298 g/mol. The van der Waals surface area contributed by atoms with Crippen LogP contribution in [0, 0.1) is 11.8 Å². The van der Waals surface area contributed by atoms with Crippen molar-refractivity contribution in [1.29, 1.82) is 0 Å². The van der Waals surface area contributed by atoms with Gasteiger partial charge in [-0.25, -0.2) is 4.79 Å². The van der Waals surface area contributed by atoms with E-state index in [0.29, 0.717) is 26.1 Å². The van der Waals surface area contributed by atoms with E-state index in [2.05, 4.69) is 19.2 Å². The molecular weight excluding hydrogens is 268 g/mol. The number of amides is 2. The van der Waals surface area contributed by atoms with Crippen molar-refractivity contribution in [2.45, 2.75) is 58.8 Å². The van der Waals surface area contributed by atoms with E-state index in [0.717, 1.165) is 25.2 Å². The van der Waals surface area contributed by atoms with Crippen LogP contribution in [0.15, 0.2) is 0 Å². The van der Waals surface area contributed by atoms with Gasteiger partial charge in [-0.2, -0.15) is 0 Å². The van der Waals surface area contributed by atoms with E-state index in [4.69, 9.17) is 5.11 Å². The molecule has 0 aliphatic carbocycles. The first kappa shape index (κ1) is 17.8. The lowest BCUT2D eigenvalue weighted by Gasteiger charge is -2.30.